The molecule has 1 aromatic rings. The molecule has 0 bridgehead atoms. The van der Waals surface area contributed by atoms with Gasteiger partial charge in [-0.15, -0.1) is 0 Å². The van der Waals surface area contributed by atoms with Gasteiger partial charge in [0.25, 0.3) is 0 Å². The first-order valence-corrected chi connectivity index (χ1v) is 6.53. The number of urea groups is 1. The number of carbonyl (C=O) groups is 1. The van der Waals surface area contributed by atoms with Crippen LogP contribution in [0, 0.1) is 0 Å². The molecular formula is C7H2Br4CaN2O. The van der Waals surface area contributed by atoms with Crippen molar-refractivity contribution in [2.24, 2.45) is 9.98 Å². The first-order chi connectivity index (χ1) is 6.52. The Labute approximate surface area is 148 Å². The maximum atomic E-state index is 11.0. The van der Waals surface area contributed by atoms with Crippen LogP contribution >= 0.6 is 63.7 Å². The molecule has 0 saturated heterocycles. The zero-order valence-corrected chi connectivity index (χ0v) is 12.7. The fourth-order valence-corrected chi connectivity index (χ4v) is 3.28. The summed E-state index contributed by atoms with van der Waals surface area (Å²) in [6.07, 6.45) is 0. The molecule has 15 heavy (non-hydrogen) atoms. The van der Waals surface area contributed by atoms with E-state index in [4.69, 9.17) is 0 Å². The third-order valence-corrected chi connectivity index (χ3v) is 6.36. The Bertz CT molecular complexity index is 523. The first-order valence-electron chi connectivity index (χ1n) is 3.35. The molecule has 1 heterocycles. The molecule has 0 atom stereocenters. The first kappa shape index (κ1) is 14.7. The Morgan fingerprint density at radius 3 is 1.40 bits per heavy atom. The van der Waals surface area contributed by atoms with E-state index in [0.717, 1.165) is 17.9 Å². The van der Waals surface area contributed by atoms with Crippen molar-refractivity contribution in [2.75, 3.05) is 0 Å². The number of halogens is 4. The predicted molar refractivity (Wildman–Crippen MR) is 73.5 cm³/mol. The summed E-state index contributed by atoms with van der Waals surface area (Å²) >= 11 is 13.4. The van der Waals surface area contributed by atoms with Gasteiger partial charge in [-0.2, -0.15) is 9.98 Å². The Balaban J connectivity index is 0.00000112. The third-order valence-electron chi connectivity index (χ3n) is 1.63. The van der Waals surface area contributed by atoms with E-state index in [0.29, 0.717) is 10.7 Å². The van der Waals surface area contributed by atoms with Crippen LogP contribution in [0.15, 0.2) is 27.9 Å². The summed E-state index contributed by atoms with van der Waals surface area (Å²) in [6, 6.07) is -0.480. The standard InChI is InChI=1S/C7Br4N2O.Ca.2H/c8-1-2(9)4(11)6-5(3(1)10)12-7(14)13-6;;;. The summed E-state index contributed by atoms with van der Waals surface area (Å²) in [5.74, 6) is 0. The monoisotopic (exact) mass is 486 g/mol. The molecule has 0 N–H and O–H groups in total. The van der Waals surface area contributed by atoms with E-state index in [9.17, 15) is 4.79 Å². The average Bonchev–Trinajstić information content (AvgIpc) is 2.54. The molecule has 0 unspecified atom stereocenters. The van der Waals surface area contributed by atoms with Crippen LogP contribution in [0.3, 0.4) is 0 Å². The van der Waals surface area contributed by atoms with Crippen LogP contribution in [0.5, 0.6) is 0 Å². The van der Waals surface area contributed by atoms with Gasteiger partial charge in [0.05, 0.1) is 8.95 Å². The molecule has 1 aliphatic rings. The fourth-order valence-electron chi connectivity index (χ4n) is 1.03. The second-order valence-corrected chi connectivity index (χ2v) is 5.63. The van der Waals surface area contributed by atoms with Gasteiger partial charge in [-0.05, 0) is 63.7 Å². The second-order valence-electron chi connectivity index (χ2n) is 2.46. The molecule has 0 fully saturated rings. The van der Waals surface area contributed by atoms with Gasteiger partial charge in [0, 0.05) is 8.95 Å². The zero-order valence-electron chi connectivity index (χ0n) is 6.31. The summed E-state index contributed by atoms with van der Waals surface area (Å²) in [5, 5.41) is 1.11. The van der Waals surface area contributed by atoms with Crippen LogP contribution in [0.1, 0.15) is 0 Å². The molecule has 0 radical (unpaired) electrons. The van der Waals surface area contributed by atoms with Gasteiger partial charge < -0.3 is 0 Å². The van der Waals surface area contributed by atoms with Crippen LogP contribution in [0.2, 0.25) is 0 Å². The topological polar surface area (TPSA) is 41.8 Å². The molecule has 1 aliphatic heterocycles. The number of nitrogens with zero attached hydrogens (tertiary/aromatic N) is 2. The van der Waals surface area contributed by atoms with E-state index in [1.165, 1.54) is 0 Å². The van der Waals surface area contributed by atoms with Gasteiger partial charge in [-0.3, -0.25) is 0 Å². The van der Waals surface area contributed by atoms with Crippen molar-refractivity contribution in [3.63, 3.8) is 0 Å². The van der Waals surface area contributed by atoms with E-state index in [2.05, 4.69) is 73.7 Å². The summed E-state index contributed by atoms with van der Waals surface area (Å²) in [6.45, 7) is 0. The van der Waals surface area contributed by atoms with Crippen molar-refractivity contribution in [2.45, 2.75) is 0 Å². The number of benzene rings is 1. The summed E-state index contributed by atoms with van der Waals surface area (Å²) in [5.41, 5.74) is 0. The van der Waals surface area contributed by atoms with Gasteiger partial charge in [-0.1, -0.05) is 0 Å². The van der Waals surface area contributed by atoms with Crippen LogP contribution < -0.4 is 10.7 Å². The molecule has 0 spiro atoms. The molecular weight excluding hydrogens is 488 g/mol. The van der Waals surface area contributed by atoms with Gasteiger partial charge >= 0.3 is 43.8 Å². The zero-order chi connectivity index (χ0) is 10.5. The molecule has 1 aromatic carbocycles. The van der Waals surface area contributed by atoms with Crippen molar-refractivity contribution in [3.8, 4) is 0 Å². The number of carbonyl (C=O) groups excluding carboxylic acids is 1. The molecule has 2 rings (SSSR count). The van der Waals surface area contributed by atoms with E-state index in [1.54, 1.807) is 0 Å². The third kappa shape index (κ3) is 2.58. The van der Waals surface area contributed by atoms with E-state index < -0.39 is 6.03 Å². The Hall–Kier alpha value is 1.67. The molecule has 8 heteroatoms. The SMILES string of the molecule is O=C1N=c2c(Br)c(Br)c(Br)c(Br)c2=N1.[CaH2]. The van der Waals surface area contributed by atoms with E-state index in [1.807, 2.05) is 0 Å². The molecule has 0 aromatic heterocycles. The number of amides is 2. The minimum absolute atomic E-state index is 0. The molecule has 0 saturated carbocycles. The number of hydrogen-bond acceptors (Lipinski definition) is 1. The summed E-state index contributed by atoms with van der Waals surface area (Å²) in [4.78, 5) is 18.6. The van der Waals surface area contributed by atoms with Crippen LogP contribution in [-0.2, 0) is 0 Å². The summed E-state index contributed by atoms with van der Waals surface area (Å²) in [7, 11) is 0. The number of hydrogen-bond donors (Lipinski definition) is 0. The molecule has 3 nitrogen and oxygen atoms in total. The fraction of sp³-hybridized carbons (Fsp3) is 0. The Morgan fingerprint density at radius 2 is 1.07 bits per heavy atom. The Morgan fingerprint density at radius 1 is 0.733 bits per heavy atom. The van der Waals surface area contributed by atoms with Crippen molar-refractivity contribution in [3.05, 3.63) is 28.6 Å². The van der Waals surface area contributed by atoms with Gasteiger partial charge in [0.2, 0.25) is 0 Å². The number of rotatable bonds is 0. The summed E-state index contributed by atoms with van der Waals surface area (Å²) < 4.78 is 3.04. The van der Waals surface area contributed by atoms with Crippen LogP contribution in [-0.4, -0.2) is 43.8 Å². The minimum atomic E-state index is -0.480. The average molecular weight is 490 g/mol. The van der Waals surface area contributed by atoms with Gasteiger partial charge in [0.15, 0.2) is 0 Å². The quantitative estimate of drug-likeness (QED) is 0.313. The number of fused-ring (bicyclic) bond motifs is 1. The Kier molecular flexibility index (Phi) is 5.44. The maximum absolute atomic E-state index is 11.0. The molecule has 0 aliphatic carbocycles. The van der Waals surface area contributed by atoms with Crippen LogP contribution in [0.4, 0.5) is 4.79 Å². The van der Waals surface area contributed by atoms with Crippen molar-refractivity contribution < 1.29 is 4.79 Å². The normalized spacial score (nSPS) is 12.7. The predicted octanol–water partition coefficient (Wildman–Crippen LogP) is 2.19. The van der Waals surface area contributed by atoms with E-state index in [-0.39, 0.29) is 37.7 Å². The van der Waals surface area contributed by atoms with Crippen molar-refractivity contribution in [1.82, 2.24) is 0 Å². The molecule has 2 amide bonds. The van der Waals surface area contributed by atoms with E-state index >= 15 is 0 Å². The van der Waals surface area contributed by atoms with Crippen LogP contribution in [0.25, 0.3) is 0 Å². The van der Waals surface area contributed by atoms with Crippen molar-refractivity contribution >= 4 is 107 Å². The van der Waals surface area contributed by atoms with Crippen molar-refractivity contribution in [1.29, 1.82) is 0 Å². The van der Waals surface area contributed by atoms with Gasteiger partial charge in [-0.25, -0.2) is 4.79 Å². The molecule has 76 valence electrons. The van der Waals surface area contributed by atoms with Gasteiger partial charge in [0.1, 0.15) is 10.7 Å². The second kappa shape index (κ2) is 5.54.